The maximum absolute atomic E-state index is 6.24. The molecule has 0 saturated heterocycles. The van der Waals surface area contributed by atoms with Crippen molar-refractivity contribution in [3.05, 3.63) is 88.5 Å². The van der Waals surface area contributed by atoms with Gasteiger partial charge in [-0.3, -0.25) is 0 Å². The van der Waals surface area contributed by atoms with Crippen LogP contribution in [0.1, 0.15) is 56.4 Å². The normalized spacial score (nSPS) is 12.4. The number of nitrogens with zero attached hydrogens (tertiary/aromatic N) is 1. The van der Waals surface area contributed by atoms with E-state index in [9.17, 15) is 0 Å². The van der Waals surface area contributed by atoms with Crippen LogP contribution < -0.4 is 0 Å². The van der Waals surface area contributed by atoms with Crippen LogP contribution in [0.2, 0.25) is 0 Å². The molecule has 0 saturated carbocycles. The summed E-state index contributed by atoms with van der Waals surface area (Å²) in [5.74, 6) is 1.50. The highest BCUT2D eigenvalue weighted by Crippen LogP contribution is 2.40. The van der Waals surface area contributed by atoms with Crippen molar-refractivity contribution in [3.63, 3.8) is 0 Å². The van der Waals surface area contributed by atoms with Crippen LogP contribution in [0.5, 0.6) is 0 Å². The van der Waals surface area contributed by atoms with Gasteiger partial charge >= 0.3 is 0 Å². The zero-order valence-corrected chi connectivity index (χ0v) is 24.2. The van der Waals surface area contributed by atoms with Crippen molar-refractivity contribution in [2.75, 3.05) is 0 Å². The second-order valence-corrected chi connectivity index (χ2v) is 13.3. The average molecular weight is 518 g/mol. The highest BCUT2D eigenvalue weighted by molar-refractivity contribution is 7.19. The lowest BCUT2D eigenvalue weighted by molar-refractivity contribution is 0.579. The molecule has 0 amide bonds. The molecule has 38 heavy (non-hydrogen) atoms. The van der Waals surface area contributed by atoms with Gasteiger partial charge in [0.2, 0.25) is 0 Å². The van der Waals surface area contributed by atoms with E-state index in [2.05, 4.69) is 108 Å². The summed E-state index contributed by atoms with van der Waals surface area (Å²) in [6.45, 7) is 15.7. The Morgan fingerprint density at radius 1 is 0.868 bits per heavy atom. The van der Waals surface area contributed by atoms with Crippen molar-refractivity contribution < 1.29 is 4.42 Å². The zero-order valence-electron chi connectivity index (χ0n) is 23.4. The van der Waals surface area contributed by atoms with E-state index >= 15 is 0 Å². The monoisotopic (exact) mass is 517 g/mol. The summed E-state index contributed by atoms with van der Waals surface area (Å²) in [6, 6.07) is 24.5. The summed E-state index contributed by atoms with van der Waals surface area (Å²) < 4.78 is 7.60. The number of fused-ring (bicyclic) bond motifs is 3. The van der Waals surface area contributed by atoms with E-state index in [4.69, 9.17) is 9.40 Å². The highest BCUT2D eigenvalue weighted by Gasteiger charge is 2.21. The van der Waals surface area contributed by atoms with Gasteiger partial charge in [0.05, 0.1) is 5.69 Å². The molecule has 192 valence electrons. The van der Waals surface area contributed by atoms with Gasteiger partial charge in [-0.25, -0.2) is 4.98 Å². The average Bonchev–Trinajstić information content (AvgIpc) is 3.39. The fourth-order valence-corrected chi connectivity index (χ4v) is 6.76. The number of aryl methyl sites for hydroxylation is 2. The third-order valence-electron chi connectivity index (χ3n) is 7.48. The summed E-state index contributed by atoms with van der Waals surface area (Å²) >= 11 is 1.90. The molecule has 0 atom stereocenters. The molecule has 0 N–H and O–H groups in total. The predicted molar refractivity (Wildman–Crippen MR) is 164 cm³/mol. The van der Waals surface area contributed by atoms with E-state index in [0.29, 0.717) is 5.92 Å². The van der Waals surface area contributed by atoms with Gasteiger partial charge in [-0.2, -0.15) is 0 Å². The molecule has 0 aliphatic rings. The SMILES string of the molecule is Cc1cc2nc(-c3cc(C(C)(C)C)c4ccccc4c3)cc(-c3ccc4sc(C)c(CC(C)C)c4c3)c2o1. The first-order valence-corrected chi connectivity index (χ1v) is 14.4. The number of hydrogen-bond donors (Lipinski definition) is 0. The first-order valence-electron chi connectivity index (χ1n) is 13.6. The molecule has 3 heteroatoms. The number of thiophene rings is 1. The van der Waals surface area contributed by atoms with Gasteiger partial charge in [-0.15, -0.1) is 11.3 Å². The van der Waals surface area contributed by atoms with Gasteiger partial charge in [-0.1, -0.05) is 65.0 Å². The van der Waals surface area contributed by atoms with Crippen LogP contribution in [0, 0.1) is 19.8 Å². The van der Waals surface area contributed by atoms with Crippen molar-refractivity contribution in [3.8, 4) is 22.4 Å². The fourth-order valence-electron chi connectivity index (χ4n) is 5.68. The summed E-state index contributed by atoms with van der Waals surface area (Å²) in [4.78, 5) is 6.54. The molecule has 0 fully saturated rings. The molecule has 6 aromatic rings. The van der Waals surface area contributed by atoms with E-state index < -0.39 is 0 Å². The van der Waals surface area contributed by atoms with Crippen molar-refractivity contribution in [2.45, 2.75) is 60.3 Å². The Hall–Kier alpha value is -3.43. The highest BCUT2D eigenvalue weighted by atomic mass is 32.1. The van der Waals surface area contributed by atoms with Gasteiger partial charge in [0.25, 0.3) is 0 Å². The second kappa shape index (κ2) is 9.10. The Bertz CT molecular complexity index is 1830. The summed E-state index contributed by atoms with van der Waals surface area (Å²) in [6.07, 6.45) is 1.10. The first-order chi connectivity index (χ1) is 18.1. The smallest absolute Gasteiger partial charge is 0.160 e. The molecular weight excluding hydrogens is 482 g/mol. The van der Waals surface area contributed by atoms with Gasteiger partial charge < -0.3 is 4.42 Å². The largest absolute Gasteiger partial charge is 0.459 e. The van der Waals surface area contributed by atoms with Crippen LogP contribution in [0.25, 0.3) is 54.3 Å². The van der Waals surface area contributed by atoms with Gasteiger partial charge in [0.15, 0.2) is 5.58 Å². The number of benzene rings is 3. The third-order valence-corrected chi connectivity index (χ3v) is 8.61. The standard InChI is InChI=1S/C35H35NOS/c1-20(2)14-27-22(4)38-33-13-12-24(17-29(27)33)28-19-31(36-32-15-21(3)37-34(28)32)25-16-23-10-8-9-11-26(23)30(18-25)35(5,6)7/h8-13,15-20H,14H2,1-7H3. The molecule has 0 bridgehead atoms. The van der Waals surface area contributed by atoms with E-state index in [1.54, 1.807) is 0 Å². The maximum Gasteiger partial charge on any atom is 0.160 e. The van der Waals surface area contributed by atoms with Gasteiger partial charge in [0, 0.05) is 26.8 Å². The van der Waals surface area contributed by atoms with E-state index in [0.717, 1.165) is 40.1 Å². The fraction of sp³-hybridized carbons (Fsp3) is 0.286. The number of hydrogen-bond acceptors (Lipinski definition) is 3. The van der Waals surface area contributed by atoms with Gasteiger partial charge in [0.1, 0.15) is 11.3 Å². The predicted octanol–water partition coefficient (Wildman–Crippen LogP) is 10.6. The van der Waals surface area contributed by atoms with Gasteiger partial charge in [-0.05, 0) is 94.8 Å². The lowest BCUT2D eigenvalue weighted by atomic mass is 9.82. The maximum atomic E-state index is 6.24. The minimum absolute atomic E-state index is 0.0173. The molecule has 3 aromatic heterocycles. The van der Waals surface area contributed by atoms with Crippen molar-refractivity contribution in [1.82, 2.24) is 4.98 Å². The number of furan rings is 1. The number of pyridine rings is 1. The number of rotatable bonds is 4. The Morgan fingerprint density at radius 3 is 2.42 bits per heavy atom. The molecule has 0 unspecified atom stereocenters. The molecule has 3 aromatic carbocycles. The third kappa shape index (κ3) is 4.33. The van der Waals surface area contributed by atoms with Crippen LogP contribution in [0.15, 0.2) is 71.1 Å². The molecule has 0 aliphatic carbocycles. The molecule has 0 aliphatic heterocycles. The number of aromatic nitrogens is 1. The molecule has 6 rings (SSSR count). The minimum atomic E-state index is 0.0173. The van der Waals surface area contributed by atoms with Crippen LogP contribution >= 0.6 is 11.3 Å². The second-order valence-electron chi connectivity index (χ2n) is 12.1. The van der Waals surface area contributed by atoms with Crippen LogP contribution in [-0.2, 0) is 11.8 Å². The molecule has 0 spiro atoms. The molecule has 2 nitrogen and oxygen atoms in total. The summed E-state index contributed by atoms with van der Waals surface area (Å²) in [5, 5.41) is 3.92. The van der Waals surface area contributed by atoms with E-state index in [-0.39, 0.29) is 5.41 Å². The Balaban J connectivity index is 1.60. The summed E-state index contributed by atoms with van der Waals surface area (Å²) in [5.41, 5.74) is 9.01. The molecule has 0 radical (unpaired) electrons. The zero-order chi connectivity index (χ0) is 26.8. The molecular formula is C35H35NOS. The van der Waals surface area contributed by atoms with Crippen molar-refractivity contribution in [1.29, 1.82) is 0 Å². The Morgan fingerprint density at radius 2 is 1.66 bits per heavy atom. The Kier molecular flexibility index (Phi) is 5.96. The van der Waals surface area contributed by atoms with Crippen LogP contribution in [-0.4, -0.2) is 4.98 Å². The van der Waals surface area contributed by atoms with Crippen LogP contribution in [0.3, 0.4) is 0 Å². The van der Waals surface area contributed by atoms with Crippen molar-refractivity contribution >= 4 is 43.3 Å². The van der Waals surface area contributed by atoms with E-state index in [1.807, 2.05) is 18.3 Å². The topological polar surface area (TPSA) is 26.0 Å². The summed E-state index contributed by atoms with van der Waals surface area (Å²) in [7, 11) is 0. The first kappa shape index (κ1) is 24.9. The minimum Gasteiger partial charge on any atom is -0.459 e. The van der Waals surface area contributed by atoms with Crippen molar-refractivity contribution in [2.24, 2.45) is 5.92 Å². The Labute approximate surface area is 229 Å². The molecule has 3 heterocycles. The van der Waals surface area contributed by atoms with E-state index in [1.165, 1.54) is 42.4 Å². The quantitative estimate of drug-likeness (QED) is 0.232. The lowest BCUT2D eigenvalue weighted by Crippen LogP contribution is -2.12. The van der Waals surface area contributed by atoms with Crippen LogP contribution in [0.4, 0.5) is 0 Å². The lowest BCUT2D eigenvalue weighted by Gasteiger charge is -2.23.